The second kappa shape index (κ2) is 6.16. The molecule has 5 heteroatoms. The van der Waals surface area contributed by atoms with E-state index in [0.717, 1.165) is 23.2 Å². The van der Waals surface area contributed by atoms with Crippen LogP contribution in [0.4, 0.5) is 10.5 Å². The molecule has 148 valence electrons. The molecule has 0 aromatic heterocycles. The molecule has 2 aromatic rings. The molecular formula is C23H28N2O3. The van der Waals surface area contributed by atoms with Gasteiger partial charge in [-0.3, -0.25) is 4.90 Å². The summed E-state index contributed by atoms with van der Waals surface area (Å²) in [5.41, 5.74) is 2.88. The normalized spacial score (nSPS) is 23.7. The number of amides is 2. The molecular weight excluding hydrogens is 352 g/mol. The first-order valence-electron chi connectivity index (χ1n) is 9.88. The largest absolute Gasteiger partial charge is 0.504 e. The maximum atomic E-state index is 13.0. The van der Waals surface area contributed by atoms with E-state index in [1.807, 2.05) is 37.3 Å². The number of hydrogen-bond donors (Lipinski definition) is 2. The van der Waals surface area contributed by atoms with Crippen molar-refractivity contribution in [2.24, 2.45) is 0 Å². The van der Waals surface area contributed by atoms with Gasteiger partial charge in [0.2, 0.25) is 0 Å². The van der Waals surface area contributed by atoms with Crippen molar-refractivity contribution in [3.05, 3.63) is 53.1 Å². The fourth-order valence-corrected chi connectivity index (χ4v) is 4.15. The molecule has 2 heterocycles. The molecule has 0 aliphatic carbocycles. The third kappa shape index (κ3) is 2.89. The van der Waals surface area contributed by atoms with Gasteiger partial charge in [-0.05, 0) is 54.2 Å². The molecule has 2 atom stereocenters. The van der Waals surface area contributed by atoms with Crippen LogP contribution in [0.15, 0.2) is 36.4 Å². The number of hydrogen-bond acceptors (Lipinski definition) is 3. The van der Waals surface area contributed by atoms with Gasteiger partial charge in [0, 0.05) is 17.7 Å². The average molecular weight is 380 g/mol. The first kappa shape index (κ1) is 18.7. The standard InChI is InChI=1S/C23H28N2O3/c1-6-14-7-9-16(10-8-14)25-21(27)24-18-13-23(25,5)28-20-17(18)11-15(12-19(20)26)22(2,3)4/h7-12,18,26H,6,13H2,1-5H3,(H,24,27). The first-order chi connectivity index (χ1) is 13.1. The monoisotopic (exact) mass is 380 g/mol. The van der Waals surface area contributed by atoms with Crippen LogP contribution in [0.1, 0.15) is 63.8 Å². The van der Waals surface area contributed by atoms with Gasteiger partial charge >= 0.3 is 6.03 Å². The van der Waals surface area contributed by atoms with Gasteiger partial charge in [0.15, 0.2) is 17.2 Å². The fourth-order valence-electron chi connectivity index (χ4n) is 4.15. The number of ether oxygens (including phenoxy) is 1. The number of phenolic OH excluding ortho intramolecular Hbond substituents is 1. The molecule has 5 nitrogen and oxygen atoms in total. The zero-order chi connectivity index (χ0) is 20.3. The summed E-state index contributed by atoms with van der Waals surface area (Å²) in [6, 6.07) is 11.4. The van der Waals surface area contributed by atoms with E-state index in [1.165, 1.54) is 5.56 Å². The number of aromatic hydroxyl groups is 1. The molecule has 4 rings (SSSR count). The molecule has 2 N–H and O–H groups in total. The minimum absolute atomic E-state index is 0.112. The van der Waals surface area contributed by atoms with Gasteiger partial charge in [0.25, 0.3) is 0 Å². The quantitative estimate of drug-likeness (QED) is 0.769. The van der Waals surface area contributed by atoms with Crippen molar-refractivity contribution in [1.82, 2.24) is 5.32 Å². The molecule has 0 saturated carbocycles. The molecule has 1 fully saturated rings. The summed E-state index contributed by atoms with van der Waals surface area (Å²) in [5.74, 6) is 0.581. The summed E-state index contributed by atoms with van der Waals surface area (Å²) in [5, 5.41) is 13.8. The summed E-state index contributed by atoms with van der Waals surface area (Å²) < 4.78 is 6.30. The third-order valence-electron chi connectivity index (χ3n) is 5.82. The number of rotatable bonds is 2. The van der Waals surface area contributed by atoms with Crippen LogP contribution in [-0.2, 0) is 11.8 Å². The molecule has 28 heavy (non-hydrogen) atoms. The number of carbonyl (C=O) groups excluding carboxylic acids is 1. The third-order valence-corrected chi connectivity index (χ3v) is 5.82. The van der Waals surface area contributed by atoms with E-state index < -0.39 is 5.72 Å². The number of urea groups is 1. The van der Waals surface area contributed by atoms with E-state index in [2.05, 4.69) is 33.0 Å². The second-order valence-electron chi connectivity index (χ2n) is 9.00. The van der Waals surface area contributed by atoms with Crippen LogP contribution < -0.4 is 15.0 Å². The van der Waals surface area contributed by atoms with Gasteiger partial charge in [-0.15, -0.1) is 0 Å². The van der Waals surface area contributed by atoms with E-state index in [9.17, 15) is 9.90 Å². The number of carbonyl (C=O) groups is 1. The molecule has 2 amide bonds. The maximum absolute atomic E-state index is 13.0. The summed E-state index contributed by atoms with van der Waals surface area (Å²) in [6.07, 6.45) is 1.55. The molecule has 0 radical (unpaired) electrons. The Morgan fingerprint density at radius 2 is 1.93 bits per heavy atom. The summed E-state index contributed by atoms with van der Waals surface area (Å²) in [4.78, 5) is 14.7. The molecule has 2 bridgehead atoms. The van der Waals surface area contributed by atoms with Crippen LogP contribution in [0.2, 0.25) is 0 Å². The van der Waals surface area contributed by atoms with Crippen molar-refractivity contribution in [3.63, 3.8) is 0 Å². The van der Waals surface area contributed by atoms with Crippen LogP contribution >= 0.6 is 0 Å². The van der Waals surface area contributed by atoms with Gasteiger partial charge < -0.3 is 15.2 Å². The van der Waals surface area contributed by atoms with Crippen LogP contribution in [-0.4, -0.2) is 16.9 Å². The van der Waals surface area contributed by atoms with Crippen molar-refractivity contribution in [1.29, 1.82) is 0 Å². The molecule has 2 unspecified atom stereocenters. The Kier molecular flexibility index (Phi) is 4.11. The minimum Gasteiger partial charge on any atom is -0.504 e. The van der Waals surface area contributed by atoms with Gasteiger partial charge in [-0.1, -0.05) is 39.8 Å². The lowest BCUT2D eigenvalue weighted by Crippen LogP contribution is -2.65. The second-order valence-corrected chi connectivity index (χ2v) is 9.00. The topological polar surface area (TPSA) is 61.8 Å². The summed E-state index contributed by atoms with van der Waals surface area (Å²) in [6.45, 7) is 10.3. The van der Waals surface area contributed by atoms with Crippen molar-refractivity contribution in [2.75, 3.05) is 4.90 Å². The lowest BCUT2D eigenvalue weighted by Gasteiger charge is -2.50. The van der Waals surface area contributed by atoms with Crippen molar-refractivity contribution < 1.29 is 14.6 Å². The number of aryl methyl sites for hydroxylation is 1. The Bertz CT molecular complexity index is 930. The Hall–Kier alpha value is -2.69. The van der Waals surface area contributed by atoms with E-state index in [4.69, 9.17) is 4.74 Å². The lowest BCUT2D eigenvalue weighted by atomic mass is 9.82. The Balaban J connectivity index is 1.78. The van der Waals surface area contributed by atoms with Gasteiger partial charge in [-0.2, -0.15) is 0 Å². The number of nitrogens with zero attached hydrogens (tertiary/aromatic N) is 1. The van der Waals surface area contributed by atoms with Crippen LogP contribution in [0.5, 0.6) is 11.5 Å². The van der Waals surface area contributed by atoms with E-state index >= 15 is 0 Å². The molecule has 2 aromatic carbocycles. The van der Waals surface area contributed by atoms with Crippen molar-refractivity contribution >= 4 is 11.7 Å². The Labute approximate surface area is 166 Å². The molecule has 2 aliphatic heterocycles. The molecule has 1 saturated heterocycles. The number of fused-ring (bicyclic) bond motifs is 4. The smallest absolute Gasteiger partial charge is 0.325 e. The highest BCUT2D eigenvalue weighted by Crippen LogP contribution is 2.50. The number of benzene rings is 2. The zero-order valence-electron chi connectivity index (χ0n) is 17.2. The highest BCUT2D eigenvalue weighted by atomic mass is 16.5. The van der Waals surface area contributed by atoms with Crippen LogP contribution in [0.3, 0.4) is 0 Å². The summed E-state index contributed by atoms with van der Waals surface area (Å²) in [7, 11) is 0. The van der Waals surface area contributed by atoms with Crippen LogP contribution in [0.25, 0.3) is 0 Å². The molecule has 2 aliphatic rings. The predicted molar refractivity (Wildman–Crippen MR) is 110 cm³/mol. The van der Waals surface area contributed by atoms with Crippen LogP contribution in [0, 0.1) is 0 Å². The average Bonchev–Trinajstić information content (AvgIpc) is 2.61. The van der Waals surface area contributed by atoms with Crippen molar-refractivity contribution in [2.45, 2.75) is 64.6 Å². The maximum Gasteiger partial charge on any atom is 0.325 e. The van der Waals surface area contributed by atoms with Gasteiger partial charge in [0.1, 0.15) is 0 Å². The number of anilines is 1. The SMILES string of the molecule is CCc1ccc(N2C(=O)NC3CC2(C)Oc2c(O)cc(C(C)(C)C)cc23)cc1. The first-order valence-corrected chi connectivity index (χ1v) is 9.88. The number of phenols is 1. The predicted octanol–water partition coefficient (Wildman–Crippen LogP) is 5.02. The van der Waals surface area contributed by atoms with Gasteiger partial charge in [-0.25, -0.2) is 4.79 Å². The number of nitrogens with one attached hydrogen (secondary N) is 1. The van der Waals surface area contributed by atoms with Crippen molar-refractivity contribution in [3.8, 4) is 11.5 Å². The summed E-state index contributed by atoms with van der Waals surface area (Å²) >= 11 is 0. The Morgan fingerprint density at radius 3 is 2.54 bits per heavy atom. The van der Waals surface area contributed by atoms with Gasteiger partial charge in [0.05, 0.1) is 6.04 Å². The highest BCUT2D eigenvalue weighted by Gasteiger charge is 2.50. The molecule has 0 spiro atoms. The van der Waals surface area contributed by atoms with E-state index in [-0.39, 0.29) is 23.2 Å². The Morgan fingerprint density at radius 1 is 1.25 bits per heavy atom. The van der Waals surface area contributed by atoms with E-state index in [0.29, 0.717) is 12.2 Å². The fraction of sp³-hybridized carbons (Fsp3) is 0.435. The zero-order valence-corrected chi connectivity index (χ0v) is 17.2. The minimum atomic E-state index is -0.867. The lowest BCUT2D eigenvalue weighted by molar-refractivity contribution is 0.0348. The van der Waals surface area contributed by atoms with E-state index in [1.54, 1.807) is 11.0 Å². The highest BCUT2D eigenvalue weighted by molar-refractivity contribution is 5.95.